The molecule has 0 aliphatic heterocycles. The minimum atomic E-state index is -0.339. The highest BCUT2D eigenvalue weighted by molar-refractivity contribution is 9.10. The summed E-state index contributed by atoms with van der Waals surface area (Å²) in [5.74, 6) is 0.119. The van der Waals surface area contributed by atoms with E-state index in [-0.39, 0.29) is 11.9 Å². The first kappa shape index (κ1) is 11.6. The van der Waals surface area contributed by atoms with Crippen LogP contribution in [0.5, 0.6) is 0 Å². The Bertz CT molecular complexity index is 567. The molecule has 17 heavy (non-hydrogen) atoms. The molecule has 1 amide bonds. The summed E-state index contributed by atoms with van der Waals surface area (Å²) >= 11 is 3.25. The van der Waals surface area contributed by atoms with Crippen LogP contribution >= 0.6 is 15.9 Å². The Hall–Kier alpha value is -1.89. The van der Waals surface area contributed by atoms with Crippen LogP contribution in [-0.2, 0) is 0 Å². The summed E-state index contributed by atoms with van der Waals surface area (Å²) in [6.07, 6.45) is 0. The van der Waals surface area contributed by atoms with Crippen LogP contribution in [0, 0.1) is 6.92 Å². The largest absolute Gasteiger partial charge is 0.398 e. The van der Waals surface area contributed by atoms with Crippen LogP contribution in [0.4, 0.5) is 11.7 Å². The standard InChI is InChI=1S/C10H9BrN4O2/c1-5-13-10(17-15-5)14-9(16)6-2-3-8(12)7(11)4-6/h2-4H,12H2,1H3,(H,13,14,15,16). The van der Waals surface area contributed by atoms with Gasteiger partial charge in [-0.1, -0.05) is 5.16 Å². The lowest BCUT2D eigenvalue weighted by Crippen LogP contribution is -2.12. The van der Waals surface area contributed by atoms with Gasteiger partial charge >= 0.3 is 6.01 Å². The fourth-order valence-corrected chi connectivity index (χ4v) is 1.56. The summed E-state index contributed by atoms with van der Waals surface area (Å²) in [7, 11) is 0. The number of carbonyl (C=O) groups excluding carboxylic acids is 1. The maximum Gasteiger partial charge on any atom is 0.328 e. The number of nitrogens with two attached hydrogens (primary N) is 1. The van der Waals surface area contributed by atoms with Crippen molar-refractivity contribution in [3.05, 3.63) is 34.1 Å². The highest BCUT2D eigenvalue weighted by Gasteiger charge is 2.11. The van der Waals surface area contributed by atoms with Gasteiger partial charge in [-0.05, 0) is 41.1 Å². The first-order valence-electron chi connectivity index (χ1n) is 4.73. The number of benzene rings is 1. The second-order valence-electron chi connectivity index (χ2n) is 3.34. The highest BCUT2D eigenvalue weighted by atomic mass is 79.9. The third-order valence-electron chi connectivity index (χ3n) is 2.01. The van der Waals surface area contributed by atoms with Crippen molar-refractivity contribution in [3.63, 3.8) is 0 Å². The number of rotatable bonds is 2. The molecule has 0 aliphatic rings. The Kier molecular flexibility index (Phi) is 3.10. The molecule has 0 bridgehead atoms. The lowest BCUT2D eigenvalue weighted by atomic mass is 10.2. The van der Waals surface area contributed by atoms with Crippen LogP contribution in [0.1, 0.15) is 16.2 Å². The molecule has 0 saturated heterocycles. The van der Waals surface area contributed by atoms with Gasteiger partial charge in [-0.3, -0.25) is 10.1 Å². The van der Waals surface area contributed by atoms with Crippen LogP contribution in [0.25, 0.3) is 0 Å². The van der Waals surface area contributed by atoms with Gasteiger partial charge in [0.1, 0.15) is 0 Å². The van der Waals surface area contributed by atoms with Gasteiger partial charge in [0.05, 0.1) is 0 Å². The molecule has 0 unspecified atom stereocenters. The Morgan fingerprint density at radius 2 is 2.29 bits per heavy atom. The number of aryl methyl sites for hydroxylation is 1. The molecule has 7 heteroatoms. The number of hydrogen-bond acceptors (Lipinski definition) is 5. The van der Waals surface area contributed by atoms with E-state index in [1.807, 2.05) is 0 Å². The number of nitrogen functional groups attached to an aromatic ring is 1. The van der Waals surface area contributed by atoms with Gasteiger partial charge in [-0.2, -0.15) is 4.98 Å². The van der Waals surface area contributed by atoms with E-state index in [1.54, 1.807) is 25.1 Å². The molecular formula is C10H9BrN4O2. The number of amides is 1. The maximum atomic E-state index is 11.8. The van der Waals surface area contributed by atoms with Crippen LogP contribution in [0.3, 0.4) is 0 Å². The minimum absolute atomic E-state index is 0.0699. The first-order chi connectivity index (χ1) is 8.06. The number of hydrogen-bond donors (Lipinski definition) is 2. The van der Waals surface area contributed by atoms with Gasteiger partial charge in [0.15, 0.2) is 5.82 Å². The maximum absolute atomic E-state index is 11.8. The van der Waals surface area contributed by atoms with Crippen molar-refractivity contribution in [3.8, 4) is 0 Å². The van der Waals surface area contributed by atoms with Crippen molar-refractivity contribution in [2.24, 2.45) is 0 Å². The van der Waals surface area contributed by atoms with E-state index in [4.69, 9.17) is 10.3 Å². The summed E-state index contributed by atoms with van der Waals surface area (Å²) in [5.41, 5.74) is 6.64. The third kappa shape index (κ3) is 2.62. The molecule has 1 heterocycles. The Labute approximate surface area is 105 Å². The third-order valence-corrected chi connectivity index (χ3v) is 2.70. The van der Waals surface area contributed by atoms with E-state index in [9.17, 15) is 4.79 Å². The second-order valence-corrected chi connectivity index (χ2v) is 4.19. The van der Waals surface area contributed by atoms with Crippen molar-refractivity contribution in [2.45, 2.75) is 6.92 Å². The molecule has 2 aromatic rings. The predicted molar refractivity (Wildman–Crippen MR) is 65.5 cm³/mol. The molecule has 1 aromatic heterocycles. The van der Waals surface area contributed by atoms with E-state index in [0.29, 0.717) is 21.5 Å². The average molecular weight is 297 g/mol. The zero-order valence-corrected chi connectivity index (χ0v) is 10.5. The van der Waals surface area contributed by atoms with E-state index in [2.05, 4.69) is 31.4 Å². The average Bonchev–Trinajstić information content (AvgIpc) is 2.68. The molecule has 0 radical (unpaired) electrons. The predicted octanol–water partition coefficient (Wildman–Crippen LogP) is 1.98. The molecule has 0 fully saturated rings. The molecule has 0 spiro atoms. The summed E-state index contributed by atoms with van der Waals surface area (Å²) in [5, 5.41) is 6.05. The molecule has 0 atom stereocenters. The summed E-state index contributed by atoms with van der Waals surface area (Å²) in [6.45, 7) is 1.67. The molecule has 0 saturated carbocycles. The number of anilines is 2. The number of carbonyl (C=O) groups is 1. The van der Waals surface area contributed by atoms with Gasteiger partial charge < -0.3 is 10.3 Å². The van der Waals surface area contributed by atoms with Crippen molar-refractivity contribution in [1.29, 1.82) is 0 Å². The van der Waals surface area contributed by atoms with Crippen molar-refractivity contribution in [1.82, 2.24) is 10.1 Å². The molecule has 3 N–H and O–H groups in total. The Morgan fingerprint density at radius 3 is 2.88 bits per heavy atom. The van der Waals surface area contributed by atoms with Gasteiger partial charge in [0.2, 0.25) is 0 Å². The van der Waals surface area contributed by atoms with Crippen LogP contribution in [0.2, 0.25) is 0 Å². The van der Waals surface area contributed by atoms with Gasteiger partial charge in [0.25, 0.3) is 5.91 Å². The first-order valence-corrected chi connectivity index (χ1v) is 5.52. The van der Waals surface area contributed by atoms with Crippen molar-refractivity contribution >= 4 is 33.5 Å². The van der Waals surface area contributed by atoms with Gasteiger partial charge in [-0.25, -0.2) is 0 Å². The summed E-state index contributed by atoms with van der Waals surface area (Å²) < 4.78 is 5.44. The second kappa shape index (κ2) is 4.54. The fraction of sp³-hybridized carbons (Fsp3) is 0.100. The Balaban J connectivity index is 2.17. The quantitative estimate of drug-likeness (QED) is 0.826. The minimum Gasteiger partial charge on any atom is -0.398 e. The number of aromatic nitrogens is 2. The van der Waals surface area contributed by atoms with E-state index < -0.39 is 0 Å². The lowest BCUT2D eigenvalue weighted by Gasteiger charge is -2.02. The van der Waals surface area contributed by atoms with Crippen molar-refractivity contribution < 1.29 is 9.32 Å². The molecule has 0 aliphatic carbocycles. The highest BCUT2D eigenvalue weighted by Crippen LogP contribution is 2.20. The van der Waals surface area contributed by atoms with E-state index >= 15 is 0 Å². The van der Waals surface area contributed by atoms with E-state index in [0.717, 1.165) is 0 Å². The number of nitrogens with zero attached hydrogens (tertiary/aromatic N) is 2. The summed E-state index contributed by atoms with van der Waals surface area (Å²) in [4.78, 5) is 15.7. The number of halogens is 1. The van der Waals surface area contributed by atoms with Gasteiger partial charge in [-0.15, -0.1) is 0 Å². The normalized spacial score (nSPS) is 10.2. The lowest BCUT2D eigenvalue weighted by molar-refractivity contribution is 0.102. The topological polar surface area (TPSA) is 94.0 Å². The Morgan fingerprint density at radius 1 is 1.53 bits per heavy atom. The summed E-state index contributed by atoms with van der Waals surface area (Å²) in [6, 6.07) is 4.94. The molecular weight excluding hydrogens is 288 g/mol. The monoisotopic (exact) mass is 296 g/mol. The fourth-order valence-electron chi connectivity index (χ4n) is 1.19. The van der Waals surface area contributed by atoms with Crippen molar-refractivity contribution in [2.75, 3.05) is 11.1 Å². The zero-order chi connectivity index (χ0) is 12.4. The SMILES string of the molecule is Cc1noc(NC(=O)c2ccc(N)c(Br)c2)n1. The molecule has 2 rings (SSSR count). The van der Waals surface area contributed by atoms with E-state index in [1.165, 1.54) is 0 Å². The van der Waals surface area contributed by atoms with Crippen LogP contribution in [-0.4, -0.2) is 16.0 Å². The molecule has 6 nitrogen and oxygen atoms in total. The molecule has 1 aromatic carbocycles. The number of nitrogens with one attached hydrogen (secondary N) is 1. The van der Waals surface area contributed by atoms with Crippen LogP contribution < -0.4 is 11.1 Å². The smallest absolute Gasteiger partial charge is 0.328 e. The van der Waals surface area contributed by atoms with Crippen LogP contribution in [0.15, 0.2) is 27.2 Å². The van der Waals surface area contributed by atoms with Gasteiger partial charge in [0, 0.05) is 15.7 Å². The molecule has 88 valence electrons. The zero-order valence-electron chi connectivity index (χ0n) is 8.90.